The van der Waals surface area contributed by atoms with E-state index in [1.54, 1.807) is 24.3 Å². The first-order valence-electron chi connectivity index (χ1n) is 6.33. The van der Waals surface area contributed by atoms with Crippen LogP contribution < -0.4 is 0 Å². The molecule has 1 fully saturated rings. The fourth-order valence-corrected chi connectivity index (χ4v) is 3.50. The van der Waals surface area contributed by atoms with Crippen molar-refractivity contribution in [3.8, 4) is 0 Å². The van der Waals surface area contributed by atoms with Crippen LogP contribution in [0.3, 0.4) is 0 Å². The van der Waals surface area contributed by atoms with Crippen LogP contribution in [0.25, 0.3) is 0 Å². The van der Waals surface area contributed by atoms with Crippen molar-refractivity contribution in [2.24, 2.45) is 5.41 Å². The van der Waals surface area contributed by atoms with E-state index in [-0.39, 0.29) is 0 Å². The van der Waals surface area contributed by atoms with Crippen LogP contribution in [0.5, 0.6) is 0 Å². The zero-order valence-electron chi connectivity index (χ0n) is 11.1. The molecule has 0 amide bonds. The summed E-state index contributed by atoms with van der Waals surface area (Å²) in [6.07, 6.45) is 9.29. The Bertz CT molecular complexity index is 324. The highest BCUT2D eigenvalue weighted by Gasteiger charge is 2.70. The summed E-state index contributed by atoms with van der Waals surface area (Å²) >= 11 is 0. The summed E-state index contributed by atoms with van der Waals surface area (Å²) in [6.45, 7) is 14.9. The van der Waals surface area contributed by atoms with Gasteiger partial charge in [-0.25, -0.2) is 0 Å². The van der Waals surface area contributed by atoms with Crippen molar-refractivity contribution in [3.05, 3.63) is 50.6 Å². The molecule has 2 nitrogen and oxygen atoms in total. The van der Waals surface area contributed by atoms with Crippen LogP contribution >= 0.6 is 0 Å². The SMILES string of the molecule is C=CCC1(CC=C)[C@@](O)(CC=C)C[C@@]1(O)CC=C. The lowest BCUT2D eigenvalue weighted by Crippen LogP contribution is -2.73. The molecule has 0 bridgehead atoms. The molecule has 0 aromatic carbocycles. The van der Waals surface area contributed by atoms with Gasteiger partial charge in [-0.3, -0.25) is 0 Å². The average Bonchev–Trinajstić information content (AvgIpc) is 2.29. The van der Waals surface area contributed by atoms with E-state index in [0.29, 0.717) is 32.1 Å². The lowest BCUT2D eigenvalue weighted by Gasteiger charge is -2.66. The highest BCUT2D eigenvalue weighted by molar-refractivity contribution is 5.26. The summed E-state index contributed by atoms with van der Waals surface area (Å²) in [7, 11) is 0. The second-order valence-electron chi connectivity index (χ2n) is 5.29. The minimum atomic E-state index is -0.936. The van der Waals surface area contributed by atoms with E-state index in [2.05, 4.69) is 26.3 Å². The van der Waals surface area contributed by atoms with Gasteiger partial charge in [0.15, 0.2) is 0 Å². The van der Waals surface area contributed by atoms with Gasteiger partial charge in [-0.15, -0.1) is 26.3 Å². The summed E-state index contributed by atoms with van der Waals surface area (Å²) < 4.78 is 0. The Balaban J connectivity index is 3.19. The summed E-state index contributed by atoms with van der Waals surface area (Å²) in [6, 6.07) is 0. The second kappa shape index (κ2) is 5.25. The van der Waals surface area contributed by atoms with Gasteiger partial charge in [-0.1, -0.05) is 24.3 Å². The van der Waals surface area contributed by atoms with Crippen LogP contribution in [-0.2, 0) is 0 Å². The molecule has 0 saturated heterocycles. The van der Waals surface area contributed by atoms with Crippen LogP contribution in [0.4, 0.5) is 0 Å². The molecule has 2 N–H and O–H groups in total. The fourth-order valence-electron chi connectivity index (χ4n) is 3.50. The van der Waals surface area contributed by atoms with Crippen molar-refractivity contribution in [1.82, 2.24) is 0 Å². The molecule has 0 spiro atoms. The molecule has 0 unspecified atom stereocenters. The number of aliphatic hydroxyl groups is 2. The van der Waals surface area contributed by atoms with Gasteiger partial charge < -0.3 is 10.2 Å². The molecule has 100 valence electrons. The quantitative estimate of drug-likeness (QED) is 0.648. The molecule has 0 aromatic heterocycles. The molecule has 1 aliphatic rings. The van der Waals surface area contributed by atoms with Crippen LogP contribution in [0.2, 0.25) is 0 Å². The molecular weight excluding hydrogens is 224 g/mol. The zero-order chi connectivity index (χ0) is 13.9. The molecule has 0 aliphatic heterocycles. The first-order valence-corrected chi connectivity index (χ1v) is 6.33. The molecule has 1 aliphatic carbocycles. The molecule has 2 heteroatoms. The predicted molar refractivity (Wildman–Crippen MR) is 76.2 cm³/mol. The smallest absolute Gasteiger partial charge is 0.0799 e. The van der Waals surface area contributed by atoms with Crippen molar-refractivity contribution >= 4 is 0 Å². The fraction of sp³-hybridized carbons (Fsp3) is 0.500. The normalized spacial score (nSPS) is 33.2. The Morgan fingerprint density at radius 1 is 0.722 bits per heavy atom. The van der Waals surface area contributed by atoms with Gasteiger partial charge >= 0.3 is 0 Å². The van der Waals surface area contributed by atoms with E-state index in [0.717, 1.165) is 0 Å². The van der Waals surface area contributed by atoms with Gasteiger partial charge in [0, 0.05) is 11.8 Å². The van der Waals surface area contributed by atoms with Gasteiger partial charge in [0.1, 0.15) is 0 Å². The number of rotatable bonds is 8. The Labute approximate surface area is 110 Å². The first kappa shape index (κ1) is 14.9. The lowest BCUT2D eigenvalue weighted by atomic mass is 9.43. The lowest BCUT2D eigenvalue weighted by molar-refractivity contribution is -0.297. The van der Waals surface area contributed by atoms with Gasteiger partial charge in [-0.05, 0) is 25.7 Å². The molecule has 0 aromatic rings. The van der Waals surface area contributed by atoms with Gasteiger partial charge in [-0.2, -0.15) is 0 Å². The maximum Gasteiger partial charge on any atom is 0.0799 e. The van der Waals surface area contributed by atoms with Crippen LogP contribution in [-0.4, -0.2) is 21.4 Å². The van der Waals surface area contributed by atoms with Crippen molar-refractivity contribution in [1.29, 1.82) is 0 Å². The standard InChI is InChI=1S/C16H24O2/c1-5-9-14(10-6-2)15(17,11-7-3)13-16(14,18)12-8-4/h5-8,17-18H,1-4,9-13H2/t15-,16+. The second-order valence-corrected chi connectivity index (χ2v) is 5.29. The summed E-state index contributed by atoms with van der Waals surface area (Å²) in [5.41, 5.74) is -2.50. The zero-order valence-corrected chi connectivity index (χ0v) is 11.1. The van der Waals surface area contributed by atoms with Crippen LogP contribution in [0, 0.1) is 5.41 Å². The number of hydrogen-bond acceptors (Lipinski definition) is 2. The Hall–Kier alpha value is -1.12. The molecule has 18 heavy (non-hydrogen) atoms. The monoisotopic (exact) mass is 248 g/mol. The number of hydrogen-bond donors (Lipinski definition) is 2. The van der Waals surface area contributed by atoms with Crippen LogP contribution in [0.1, 0.15) is 32.1 Å². The minimum Gasteiger partial charge on any atom is -0.389 e. The van der Waals surface area contributed by atoms with E-state index < -0.39 is 16.6 Å². The summed E-state index contributed by atoms with van der Waals surface area (Å²) in [4.78, 5) is 0. The van der Waals surface area contributed by atoms with E-state index in [1.165, 1.54) is 0 Å². The van der Waals surface area contributed by atoms with Crippen molar-refractivity contribution in [2.75, 3.05) is 0 Å². The molecule has 1 saturated carbocycles. The average molecular weight is 248 g/mol. The topological polar surface area (TPSA) is 40.5 Å². The third-order valence-corrected chi connectivity index (χ3v) is 4.32. The van der Waals surface area contributed by atoms with Gasteiger partial charge in [0.25, 0.3) is 0 Å². The van der Waals surface area contributed by atoms with Gasteiger partial charge in [0.2, 0.25) is 0 Å². The van der Waals surface area contributed by atoms with E-state index >= 15 is 0 Å². The Morgan fingerprint density at radius 3 is 1.33 bits per heavy atom. The van der Waals surface area contributed by atoms with E-state index in [9.17, 15) is 10.2 Å². The molecular formula is C16H24O2. The predicted octanol–water partition coefficient (Wildman–Crippen LogP) is 3.14. The Morgan fingerprint density at radius 2 is 1.06 bits per heavy atom. The van der Waals surface area contributed by atoms with Gasteiger partial charge in [0.05, 0.1) is 11.2 Å². The summed E-state index contributed by atoms with van der Waals surface area (Å²) in [5, 5.41) is 21.6. The molecule has 1 rings (SSSR count). The van der Waals surface area contributed by atoms with Crippen molar-refractivity contribution in [2.45, 2.75) is 43.3 Å². The maximum atomic E-state index is 10.8. The maximum absolute atomic E-state index is 10.8. The number of allylic oxidation sites excluding steroid dienone is 2. The molecule has 0 radical (unpaired) electrons. The first-order chi connectivity index (χ1) is 8.45. The third-order valence-electron chi connectivity index (χ3n) is 4.32. The highest BCUT2D eigenvalue weighted by atomic mass is 16.3. The van der Waals surface area contributed by atoms with E-state index in [4.69, 9.17) is 0 Å². The molecule has 2 atom stereocenters. The highest BCUT2D eigenvalue weighted by Crippen LogP contribution is 2.64. The largest absolute Gasteiger partial charge is 0.389 e. The van der Waals surface area contributed by atoms with Crippen molar-refractivity contribution < 1.29 is 10.2 Å². The third kappa shape index (κ3) is 1.90. The van der Waals surface area contributed by atoms with E-state index in [1.807, 2.05) is 0 Å². The van der Waals surface area contributed by atoms with Crippen LogP contribution in [0.15, 0.2) is 50.6 Å². The molecule has 0 heterocycles. The minimum absolute atomic E-state index is 0.347. The Kier molecular flexibility index (Phi) is 4.36. The summed E-state index contributed by atoms with van der Waals surface area (Å²) in [5.74, 6) is 0. The van der Waals surface area contributed by atoms with Crippen molar-refractivity contribution in [3.63, 3.8) is 0 Å².